The Morgan fingerprint density at radius 3 is 1.27 bits per heavy atom. The normalized spacial score (nSPS) is 18.6. The molecule has 2 aliphatic rings. The molecule has 49 heavy (non-hydrogen) atoms. The summed E-state index contributed by atoms with van der Waals surface area (Å²) in [6.07, 6.45) is 7.38. The predicted octanol–water partition coefficient (Wildman–Crippen LogP) is 3.96. The van der Waals surface area contributed by atoms with Gasteiger partial charge in [0.15, 0.2) is 12.6 Å². The summed E-state index contributed by atoms with van der Waals surface area (Å²) in [5, 5.41) is 44.2. The van der Waals surface area contributed by atoms with E-state index in [9.17, 15) is 39.6 Å². The maximum atomic E-state index is 11.4. The molecule has 0 fully saturated rings. The molecule has 252 valence electrons. The van der Waals surface area contributed by atoms with Gasteiger partial charge >= 0.3 is 0 Å². The molecular formula is C36H28Cl2O11. The molecule has 0 bridgehead atoms. The van der Waals surface area contributed by atoms with Gasteiger partial charge < -0.3 is 35.4 Å². The molecule has 4 aromatic carbocycles. The van der Waals surface area contributed by atoms with Crippen molar-refractivity contribution in [2.75, 3.05) is 0 Å². The number of halogens is 2. The number of carbonyl (C=O) groups is 4. The molecule has 0 aliphatic heterocycles. The van der Waals surface area contributed by atoms with Crippen molar-refractivity contribution in [1.29, 1.82) is 0 Å². The summed E-state index contributed by atoms with van der Waals surface area (Å²) in [5.41, 5.74) is 0. The molecule has 4 aromatic rings. The molecule has 2 unspecified atom stereocenters. The molecule has 0 saturated carbocycles. The SMILES string of the molecule is O.O=CC(=O)C1C=CC(Oc2ccc(Cl)c3ccccc23)=CC1(O)O.O=CC(=O)C1C=CC(Oc2ccc(Cl)c3ccccc23)=CC1(O)O. The summed E-state index contributed by atoms with van der Waals surface area (Å²) in [7, 11) is 0. The van der Waals surface area contributed by atoms with Gasteiger partial charge in [-0.1, -0.05) is 83.9 Å². The van der Waals surface area contributed by atoms with E-state index in [-0.39, 0.29) is 29.6 Å². The van der Waals surface area contributed by atoms with Crippen LogP contribution in [0.1, 0.15) is 0 Å². The average Bonchev–Trinajstić information content (AvgIpc) is 3.06. The standard InChI is InChI=1S/2C18H13ClO5.H2O/c2*19-15-7-8-17(13-4-2-1-3-12(13)15)24-11-5-6-14(16(21)10-20)18(22,23)9-11;/h2*1-10,14,22-23H;1H2. The molecule has 13 heteroatoms. The highest BCUT2D eigenvalue weighted by molar-refractivity contribution is 6.36. The van der Waals surface area contributed by atoms with Crippen molar-refractivity contribution >= 4 is 68.9 Å². The van der Waals surface area contributed by atoms with Crippen LogP contribution in [-0.4, -0.2) is 61.6 Å². The van der Waals surface area contributed by atoms with Gasteiger partial charge in [0.05, 0.1) is 0 Å². The quantitative estimate of drug-likeness (QED) is 0.118. The van der Waals surface area contributed by atoms with Crippen LogP contribution in [0.2, 0.25) is 10.0 Å². The molecule has 0 saturated heterocycles. The largest absolute Gasteiger partial charge is 0.457 e. The minimum Gasteiger partial charge on any atom is -0.457 e. The van der Waals surface area contributed by atoms with Crippen LogP contribution in [0.5, 0.6) is 11.5 Å². The summed E-state index contributed by atoms with van der Waals surface area (Å²) >= 11 is 12.3. The fourth-order valence-corrected chi connectivity index (χ4v) is 5.60. The number of benzene rings is 4. The van der Waals surface area contributed by atoms with E-state index < -0.39 is 35.0 Å². The monoisotopic (exact) mass is 706 g/mol. The number of aliphatic hydroxyl groups is 4. The summed E-state index contributed by atoms with van der Waals surface area (Å²) in [4.78, 5) is 44.0. The number of Topliss-reactive ketones (excluding diaryl/α,β-unsaturated/α-hetero) is 2. The Morgan fingerprint density at radius 1 is 0.592 bits per heavy atom. The van der Waals surface area contributed by atoms with Crippen LogP contribution in [-0.2, 0) is 19.2 Å². The van der Waals surface area contributed by atoms with Gasteiger partial charge in [0.25, 0.3) is 0 Å². The van der Waals surface area contributed by atoms with Gasteiger partial charge in [-0.3, -0.25) is 19.2 Å². The second kappa shape index (κ2) is 15.1. The lowest BCUT2D eigenvalue weighted by atomic mass is 9.90. The van der Waals surface area contributed by atoms with Crippen molar-refractivity contribution < 1.29 is 54.6 Å². The van der Waals surface area contributed by atoms with Crippen molar-refractivity contribution in [2.24, 2.45) is 11.8 Å². The van der Waals surface area contributed by atoms with Crippen LogP contribution in [0.4, 0.5) is 0 Å². The van der Waals surface area contributed by atoms with E-state index in [1.54, 1.807) is 24.3 Å². The third-order valence-electron chi connectivity index (χ3n) is 7.49. The third-order valence-corrected chi connectivity index (χ3v) is 8.15. The second-order valence-corrected chi connectivity index (χ2v) is 11.6. The van der Waals surface area contributed by atoms with Gasteiger partial charge in [0.2, 0.25) is 23.1 Å². The van der Waals surface area contributed by atoms with Crippen LogP contribution in [0.3, 0.4) is 0 Å². The number of ketones is 2. The minimum atomic E-state index is -2.50. The van der Waals surface area contributed by atoms with Crippen molar-refractivity contribution in [3.8, 4) is 11.5 Å². The first-order valence-corrected chi connectivity index (χ1v) is 15.0. The molecule has 0 radical (unpaired) electrons. The summed E-state index contributed by atoms with van der Waals surface area (Å²) < 4.78 is 11.4. The van der Waals surface area contributed by atoms with Gasteiger partial charge in [-0.25, -0.2) is 0 Å². The lowest BCUT2D eigenvalue weighted by Crippen LogP contribution is -2.42. The van der Waals surface area contributed by atoms with Gasteiger partial charge in [0, 0.05) is 43.7 Å². The Kier molecular flexibility index (Phi) is 11.3. The van der Waals surface area contributed by atoms with Gasteiger partial charge in [0.1, 0.15) is 34.9 Å². The Bertz CT molecular complexity index is 1910. The Balaban J connectivity index is 0.000000216. The molecule has 0 amide bonds. The number of allylic oxidation sites excluding steroid dienone is 2. The fraction of sp³-hybridized carbons (Fsp3) is 0.111. The Labute approximate surface area is 288 Å². The summed E-state index contributed by atoms with van der Waals surface area (Å²) in [6, 6.07) is 21.4. The summed E-state index contributed by atoms with van der Waals surface area (Å²) in [6.45, 7) is 0. The lowest BCUT2D eigenvalue weighted by Gasteiger charge is -2.27. The van der Waals surface area contributed by atoms with E-state index in [1.165, 1.54) is 24.3 Å². The number of hydrogen-bond acceptors (Lipinski definition) is 10. The molecule has 2 aliphatic carbocycles. The van der Waals surface area contributed by atoms with Crippen LogP contribution in [0.25, 0.3) is 21.5 Å². The minimum absolute atomic E-state index is 0. The van der Waals surface area contributed by atoms with E-state index in [2.05, 4.69) is 0 Å². The highest BCUT2D eigenvalue weighted by atomic mass is 35.5. The summed E-state index contributed by atoms with van der Waals surface area (Å²) in [5.74, 6) is -8.33. The Morgan fingerprint density at radius 2 is 0.939 bits per heavy atom. The van der Waals surface area contributed by atoms with E-state index in [0.29, 0.717) is 21.5 Å². The number of hydrogen-bond donors (Lipinski definition) is 4. The number of aldehydes is 2. The highest BCUT2D eigenvalue weighted by Crippen LogP contribution is 2.36. The first kappa shape index (κ1) is 36.8. The van der Waals surface area contributed by atoms with Gasteiger partial charge in [-0.15, -0.1) is 0 Å². The van der Waals surface area contributed by atoms with Crippen molar-refractivity contribution in [1.82, 2.24) is 0 Å². The molecule has 0 heterocycles. The maximum Gasteiger partial charge on any atom is 0.207 e. The number of ether oxygens (including phenoxy) is 2. The number of rotatable bonds is 8. The molecule has 0 spiro atoms. The topological polar surface area (TPSA) is 199 Å². The molecular weight excluding hydrogens is 679 g/mol. The number of fused-ring (bicyclic) bond motifs is 2. The maximum absolute atomic E-state index is 11.4. The van der Waals surface area contributed by atoms with E-state index in [1.807, 2.05) is 48.5 Å². The van der Waals surface area contributed by atoms with Crippen LogP contribution >= 0.6 is 23.2 Å². The molecule has 0 aromatic heterocycles. The fourth-order valence-electron chi connectivity index (χ4n) is 5.14. The van der Waals surface area contributed by atoms with Crippen molar-refractivity contribution in [2.45, 2.75) is 11.6 Å². The van der Waals surface area contributed by atoms with E-state index in [4.69, 9.17) is 32.7 Å². The highest BCUT2D eigenvalue weighted by Gasteiger charge is 2.40. The molecule has 6 N–H and O–H groups in total. The second-order valence-electron chi connectivity index (χ2n) is 10.8. The van der Waals surface area contributed by atoms with E-state index in [0.717, 1.165) is 33.7 Å². The smallest absolute Gasteiger partial charge is 0.207 e. The van der Waals surface area contributed by atoms with Crippen LogP contribution in [0.15, 0.2) is 121 Å². The predicted molar refractivity (Wildman–Crippen MR) is 181 cm³/mol. The van der Waals surface area contributed by atoms with E-state index >= 15 is 0 Å². The zero-order chi connectivity index (χ0) is 34.6. The van der Waals surface area contributed by atoms with Crippen molar-refractivity contribution in [3.63, 3.8) is 0 Å². The van der Waals surface area contributed by atoms with Crippen LogP contribution < -0.4 is 9.47 Å². The zero-order valence-corrected chi connectivity index (χ0v) is 26.7. The van der Waals surface area contributed by atoms with Gasteiger partial charge in [-0.2, -0.15) is 0 Å². The first-order chi connectivity index (χ1) is 22.8. The zero-order valence-electron chi connectivity index (χ0n) is 25.2. The lowest BCUT2D eigenvalue weighted by molar-refractivity contribution is -0.165. The van der Waals surface area contributed by atoms with Crippen LogP contribution in [0, 0.1) is 11.8 Å². The van der Waals surface area contributed by atoms with Crippen molar-refractivity contribution in [3.05, 3.63) is 131 Å². The molecule has 2 atom stereocenters. The Hall–Kier alpha value is -4.98. The average molecular weight is 708 g/mol. The number of carbonyl (C=O) groups excluding carboxylic acids is 4. The first-order valence-electron chi connectivity index (χ1n) is 14.2. The molecule has 6 rings (SSSR count). The third kappa shape index (κ3) is 8.02. The molecule has 11 nitrogen and oxygen atoms in total. The van der Waals surface area contributed by atoms with Gasteiger partial charge in [-0.05, 0) is 36.4 Å².